The topological polar surface area (TPSA) is 30.7 Å². The van der Waals surface area contributed by atoms with Gasteiger partial charge in [0.05, 0.1) is 5.69 Å². The van der Waals surface area contributed by atoms with Gasteiger partial charge in [-0.15, -0.1) is 5.10 Å². The number of unbranched alkanes of at least 4 members (excludes halogenated alkanes) is 4. The van der Waals surface area contributed by atoms with Gasteiger partial charge in [0, 0.05) is 6.54 Å². The Morgan fingerprint density at radius 2 is 1.68 bits per heavy atom. The van der Waals surface area contributed by atoms with Crippen molar-refractivity contribution in [3.8, 4) is 0 Å². The van der Waals surface area contributed by atoms with Gasteiger partial charge in [-0.3, -0.25) is 0 Å². The number of hydrogen-bond donors (Lipinski definition) is 0. The van der Waals surface area contributed by atoms with Crippen LogP contribution in [0.2, 0.25) is 0 Å². The zero-order valence-electron chi connectivity index (χ0n) is 11.6. The lowest BCUT2D eigenvalue weighted by Crippen LogP contribution is -2.17. The van der Waals surface area contributed by atoms with Gasteiger partial charge in [-0.2, -0.15) is 13.2 Å². The highest BCUT2D eigenvalue weighted by molar-refractivity contribution is 5.14. The second kappa shape index (κ2) is 7.50. The summed E-state index contributed by atoms with van der Waals surface area (Å²) in [5.41, 5.74) is -0.567. The van der Waals surface area contributed by atoms with Gasteiger partial charge in [0.2, 0.25) is 0 Å². The van der Waals surface area contributed by atoms with E-state index < -0.39 is 11.9 Å². The molecule has 1 rings (SSSR count). The molecule has 0 aliphatic rings. The number of hydrogen-bond acceptors (Lipinski definition) is 2. The Morgan fingerprint density at radius 1 is 1.00 bits per heavy atom. The Morgan fingerprint density at radius 3 is 2.26 bits per heavy atom. The molecule has 0 aliphatic carbocycles. The van der Waals surface area contributed by atoms with Crippen LogP contribution in [0.3, 0.4) is 0 Å². The number of rotatable bonds is 8. The highest BCUT2D eigenvalue weighted by atomic mass is 19.4. The van der Waals surface area contributed by atoms with Gasteiger partial charge in [-0.05, 0) is 19.3 Å². The molecule has 0 radical (unpaired) electrons. The molecule has 19 heavy (non-hydrogen) atoms. The third-order valence-electron chi connectivity index (χ3n) is 3.06. The van der Waals surface area contributed by atoms with Gasteiger partial charge in [0.15, 0.2) is 5.69 Å². The molecule has 0 unspecified atom stereocenters. The van der Waals surface area contributed by atoms with E-state index in [9.17, 15) is 13.2 Å². The molecule has 0 bridgehead atoms. The van der Waals surface area contributed by atoms with E-state index in [1.165, 1.54) is 0 Å². The molecular formula is C13H22F3N3. The summed E-state index contributed by atoms with van der Waals surface area (Å²) in [5.74, 6) is 0. The third kappa shape index (κ3) is 4.84. The van der Waals surface area contributed by atoms with Crippen molar-refractivity contribution in [1.82, 2.24) is 15.0 Å². The van der Waals surface area contributed by atoms with Crippen molar-refractivity contribution in [1.29, 1.82) is 0 Å². The van der Waals surface area contributed by atoms with Gasteiger partial charge in [-0.25, -0.2) is 4.68 Å². The molecule has 0 atom stereocenters. The normalized spacial score (nSPS) is 12.1. The molecule has 3 nitrogen and oxygen atoms in total. The first-order valence-corrected chi connectivity index (χ1v) is 7.00. The average Bonchev–Trinajstić information content (AvgIpc) is 2.75. The molecule has 6 heteroatoms. The number of nitrogens with zero attached hydrogens (tertiary/aromatic N) is 3. The van der Waals surface area contributed by atoms with Gasteiger partial charge >= 0.3 is 6.18 Å². The second-order valence-electron chi connectivity index (χ2n) is 4.77. The lowest BCUT2D eigenvalue weighted by atomic mass is 10.1. The molecule has 0 aromatic carbocycles. The Bertz CT molecular complexity index is 372. The van der Waals surface area contributed by atoms with E-state index in [-0.39, 0.29) is 5.69 Å². The fourth-order valence-corrected chi connectivity index (χ4v) is 2.02. The van der Waals surface area contributed by atoms with E-state index in [2.05, 4.69) is 17.2 Å². The van der Waals surface area contributed by atoms with Crippen LogP contribution < -0.4 is 0 Å². The summed E-state index contributed by atoms with van der Waals surface area (Å²) in [6.07, 6.45) is 1.28. The van der Waals surface area contributed by atoms with Crippen molar-refractivity contribution in [2.75, 3.05) is 0 Å². The van der Waals surface area contributed by atoms with E-state index in [0.717, 1.165) is 30.4 Å². The largest absolute Gasteiger partial charge is 0.434 e. The van der Waals surface area contributed by atoms with Gasteiger partial charge in [0.25, 0.3) is 0 Å². The monoisotopic (exact) mass is 277 g/mol. The highest BCUT2D eigenvalue weighted by Gasteiger charge is 2.38. The van der Waals surface area contributed by atoms with Crippen LogP contribution in [0.4, 0.5) is 13.2 Å². The third-order valence-corrected chi connectivity index (χ3v) is 3.06. The molecule has 1 aromatic rings. The van der Waals surface area contributed by atoms with E-state index in [1.54, 1.807) is 0 Å². The number of aryl methyl sites for hydroxylation is 2. The Hall–Kier alpha value is -1.07. The van der Waals surface area contributed by atoms with Gasteiger partial charge in [0.1, 0.15) is 0 Å². The molecule has 0 spiro atoms. The first-order valence-electron chi connectivity index (χ1n) is 7.00. The average molecular weight is 277 g/mol. The maximum atomic E-state index is 13.0. The summed E-state index contributed by atoms with van der Waals surface area (Å²) < 4.78 is 40.2. The van der Waals surface area contributed by atoms with Crippen LogP contribution in [0.1, 0.15) is 63.8 Å². The number of alkyl halides is 3. The van der Waals surface area contributed by atoms with Crippen LogP contribution in [-0.2, 0) is 19.1 Å². The SMILES string of the molecule is CCCCCCn1nnc(CCCC)c1C(F)(F)F. The predicted octanol–water partition coefficient (Wildman–Crippen LogP) is 4.22. The van der Waals surface area contributed by atoms with E-state index in [4.69, 9.17) is 0 Å². The summed E-state index contributed by atoms with van der Waals surface area (Å²) in [5, 5.41) is 7.39. The zero-order valence-corrected chi connectivity index (χ0v) is 11.6. The molecule has 0 saturated carbocycles. The maximum absolute atomic E-state index is 13.0. The maximum Gasteiger partial charge on any atom is 0.434 e. The molecule has 0 N–H and O–H groups in total. The van der Waals surface area contributed by atoms with E-state index in [1.807, 2.05) is 6.92 Å². The standard InChI is InChI=1S/C13H22F3N3/c1-3-5-7-8-10-19-12(13(14,15)16)11(17-18-19)9-6-4-2/h3-10H2,1-2H3. The van der Waals surface area contributed by atoms with Crippen LogP contribution in [-0.4, -0.2) is 15.0 Å². The Balaban J connectivity index is 2.76. The highest BCUT2D eigenvalue weighted by Crippen LogP contribution is 2.31. The number of halogens is 3. The molecule has 1 aromatic heterocycles. The smallest absolute Gasteiger partial charge is 0.240 e. The minimum Gasteiger partial charge on any atom is -0.240 e. The van der Waals surface area contributed by atoms with Crippen LogP contribution in [0.5, 0.6) is 0 Å². The molecule has 0 aliphatic heterocycles. The van der Waals surface area contributed by atoms with E-state index in [0.29, 0.717) is 25.8 Å². The van der Waals surface area contributed by atoms with Crippen LogP contribution in [0.15, 0.2) is 0 Å². The molecule has 1 heterocycles. The fraction of sp³-hybridized carbons (Fsp3) is 0.846. The van der Waals surface area contributed by atoms with Crippen molar-refractivity contribution in [2.45, 2.75) is 71.5 Å². The molecule has 0 fully saturated rings. The zero-order chi connectivity index (χ0) is 14.3. The van der Waals surface area contributed by atoms with Crippen molar-refractivity contribution in [3.63, 3.8) is 0 Å². The van der Waals surface area contributed by atoms with Gasteiger partial charge in [-0.1, -0.05) is 44.7 Å². The first-order chi connectivity index (χ1) is 9.00. The summed E-state index contributed by atoms with van der Waals surface area (Å²) in [7, 11) is 0. The molecule has 110 valence electrons. The summed E-state index contributed by atoms with van der Waals surface area (Å²) in [4.78, 5) is 0. The van der Waals surface area contributed by atoms with Crippen LogP contribution >= 0.6 is 0 Å². The quantitative estimate of drug-likeness (QED) is 0.666. The minimum absolute atomic E-state index is 0.0878. The predicted molar refractivity (Wildman–Crippen MR) is 67.8 cm³/mol. The summed E-state index contributed by atoms with van der Waals surface area (Å²) >= 11 is 0. The second-order valence-corrected chi connectivity index (χ2v) is 4.77. The fourth-order valence-electron chi connectivity index (χ4n) is 2.02. The van der Waals surface area contributed by atoms with Crippen LogP contribution in [0.25, 0.3) is 0 Å². The van der Waals surface area contributed by atoms with Crippen molar-refractivity contribution >= 4 is 0 Å². The minimum atomic E-state index is -4.36. The lowest BCUT2D eigenvalue weighted by molar-refractivity contribution is -0.144. The van der Waals surface area contributed by atoms with Crippen molar-refractivity contribution in [3.05, 3.63) is 11.4 Å². The first kappa shape index (κ1) is 16.0. The van der Waals surface area contributed by atoms with Crippen molar-refractivity contribution < 1.29 is 13.2 Å². The Labute approximate surface area is 112 Å². The Kier molecular flexibility index (Phi) is 6.31. The van der Waals surface area contributed by atoms with Crippen LogP contribution in [0, 0.1) is 0 Å². The van der Waals surface area contributed by atoms with Gasteiger partial charge < -0.3 is 0 Å². The lowest BCUT2D eigenvalue weighted by Gasteiger charge is -2.11. The van der Waals surface area contributed by atoms with Crippen molar-refractivity contribution in [2.24, 2.45) is 0 Å². The number of aromatic nitrogens is 3. The summed E-state index contributed by atoms with van der Waals surface area (Å²) in [6.45, 7) is 4.32. The molecular weight excluding hydrogens is 255 g/mol. The van der Waals surface area contributed by atoms with E-state index >= 15 is 0 Å². The summed E-state index contributed by atoms with van der Waals surface area (Å²) in [6, 6.07) is 0. The molecule has 0 amide bonds. The molecule has 0 saturated heterocycles.